The Bertz CT molecular complexity index is 1210. The number of hydrogen-bond donors (Lipinski definition) is 1. The van der Waals surface area contributed by atoms with Gasteiger partial charge in [-0.2, -0.15) is 0 Å². The zero-order chi connectivity index (χ0) is 21.9. The molecule has 0 saturated carbocycles. The maximum absolute atomic E-state index is 13.2. The van der Waals surface area contributed by atoms with E-state index < -0.39 is 0 Å². The second-order valence-electron chi connectivity index (χ2n) is 8.39. The summed E-state index contributed by atoms with van der Waals surface area (Å²) in [6.07, 6.45) is 3.54. The van der Waals surface area contributed by atoms with Crippen LogP contribution in [0.3, 0.4) is 0 Å². The maximum atomic E-state index is 13.2. The molecule has 1 saturated heterocycles. The van der Waals surface area contributed by atoms with Gasteiger partial charge in [0.25, 0.3) is 5.91 Å². The first-order valence-electron chi connectivity index (χ1n) is 11.0. The van der Waals surface area contributed by atoms with Crippen molar-refractivity contribution in [3.63, 3.8) is 0 Å². The van der Waals surface area contributed by atoms with Gasteiger partial charge in [0.15, 0.2) is 5.58 Å². The monoisotopic (exact) mass is 447 g/mol. The number of likely N-dealkylation sites (tertiary alicyclic amines) is 1. The quantitative estimate of drug-likeness (QED) is 0.434. The number of piperidine rings is 1. The van der Waals surface area contributed by atoms with Crippen molar-refractivity contribution in [3.05, 3.63) is 94.8 Å². The Morgan fingerprint density at radius 1 is 1.00 bits per heavy atom. The molecule has 0 bridgehead atoms. The van der Waals surface area contributed by atoms with Crippen molar-refractivity contribution in [1.82, 2.24) is 14.8 Å². The molecule has 0 atom stereocenters. The first-order valence-corrected chi connectivity index (χ1v) is 11.4. The van der Waals surface area contributed by atoms with Crippen LogP contribution in [0.4, 0.5) is 0 Å². The van der Waals surface area contributed by atoms with E-state index in [-0.39, 0.29) is 11.9 Å². The van der Waals surface area contributed by atoms with Crippen LogP contribution in [-0.4, -0.2) is 34.5 Å². The number of fused-ring (bicyclic) bond motifs is 1. The molecule has 6 heteroatoms. The molecule has 5 rings (SSSR count). The van der Waals surface area contributed by atoms with Crippen LogP contribution in [0.15, 0.2) is 77.4 Å². The average molecular weight is 448 g/mol. The maximum Gasteiger partial charge on any atom is 0.268 e. The molecule has 5 nitrogen and oxygen atoms in total. The van der Waals surface area contributed by atoms with Gasteiger partial charge in [-0.15, -0.1) is 0 Å². The van der Waals surface area contributed by atoms with Crippen molar-refractivity contribution in [1.29, 1.82) is 0 Å². The molecule has 4 aromatic rings. The summed E-state index contributed by atoms with van der Waals surface area (Å²) in [6, 6.07) is 22.1. The van der Waals surface area contributed by atoms with E-state index in [9.17, 15) is 4.79 Å². The Kier molecular flexibility index (Phi) is 6.02. The summed E-state index contributed by atoms with van der Waals surface area (Å²) in [5.41, 5.74) is 4.50. The number of rotatable bonds is 6. The number of benzene rings is 2. The van der Waals surface area contributed by atoms with Gasteiger partial charge in [0.1, 0.15) is 5.69 Å². The van der Waals surface area contributed by atoms with E-state index in [1.807, 2.05) is 47.0 Å². The molecule has 2 aromatic heterocycles. The lowest BCUT2D eigenvalue weighted by Crippen LogP contribution is -2.44. The Morgan fingerprint density at radius 2 is 1.75 bits per heavy atom. The fourth-order valence-corrected chi connectivity index (χ4v) is 4.66. The van der Waals surface area contributed by atoms with Crippen LogP contribution in [0, 0.1) is 0 Å². The fourth-order valence-electron chi connectivity index (χ4n) is 4.47. The van der Waals surface area contributed by atoms with Gasteiger partial charge in [-0.1, -0.05) is 60.1 Å². The topological polar surface area (TPSA) is 50.4 Å². The largest absolute Gasteiger partial charge is 0.463 e. The summed E-state index contributed by atoms with van der Waals surface area (Å²) >= 11 is 6.38. The Labute approximate surface area is 192 Å². The third kappa shape index (κ3) is 4.45. The summed E-state index contributed by atoms with van der Waals surface area (Å²) in [4.78, 5) is 15.7. The lowest BCUT2D eigenvalue weighted by atomic mass is 10.0. The van der Waals surface area contributed by atoms with Gasteiger partial charge >= 0.3 is 0 Å². The summed E-state index contributed by atoms with van der Waals surface area (Å²) < 4.78 is 7.56. The second kappa shape index (κ2) is 9.23. The third-order valence-corrected chi connectivity index (χ3v) is 6.58. The Balaban J connectivity index is 1.26. The van der Waals surface area contributed by atoms with Crippen molar-refractivity contribution in [2.24, 2.45) is 0 Å². The molecule has 1 aliphatic heterocycles. The van der Waals surface area contributed by atoms with Crippen LogP contribution < -0.4 is 5.32 Å². The molecule has 1 fully saturated rings. The minimum Gasteiger partial charge on any atom is -0.463 e. The van der Waals surface area contributed by atoms with Gasteiger partial charge in [-0.25, -0.2) is 0 Å². The third-order valence-electron chi connectivity index (χ3n) is 6.21. The van der Waals surface area contributed by atoms with Crippen molar-refractivity contribution >= 4 is 28.6 Å². The zero-order valence-electron chi connectivity index (χ0n) is 17.8. The van der Waals surface area contributed by atoms with E-state index in [1.165, 1.54) is 5.56 Å². The molecule has 32 heavy (non-hydrogen) atoms. The predicted molar refractivity (Wildman–Crippen MR) is 127 cm³/mol. The molecule has 1 N–H and O–H groups in total. The number of carbonyl (C=O) groups excluding carboxylic acids is 1. The second-order valence-corrected chi connectivity index (χ2v) is 8.79. The average Bonchev–Trinajstić information content (AvgIpc) is 3.40. The molecule has 3 heterocycles. The molecule has 1 aliphatic rings. The van der Waals surface area contributed by atoms with Gasteiger partial charge in [0.05, 0.1) is 11.8 Å². The van der Waals surface area contributed by atoms with E-state index in [2.05, 4.69) is 34.5 Å². The lowest BCUT2D eigenvalue weighted by molar-refractivity contribution is 0.0900. The van der Waals surface area contributed by atoms with Gasteiger partial charge in [0.2, 0.25) is 0 Å². The fraction of sp³-hybridized carbons (Fsp3) is 0.269. The number of hydrogen-bond acceptors (Lipinski definition) is 3. The first kappa shape index (κ1) is 20.9. The molecule has 0 spiro atoms. The minimum absolute atomic E-state index is 0.0648. The predicted octanol–water partition coefficient (Wildman–Crippen LogP) is 5.33. The van der Waals surface area contributed by atoms with Crippen LogP contribution in [0.25, 0.3) is 11.1 Å². The number of halogens is 1. The number of nitrogens with one attached hydrogen (secondary N) is 1. The van der Waals surface area contributed by atoms with Crippen molar-refractivity contribution < 1.29 is 9.21 Å². The number of furan rings is 1. The molecule has 164 valence electrons. The summed E-state index contributed by atoms with van der Waals surface area (Å²) in [6.45, 7) is 3.42. The van der Waals surface area contributed by atoms with Crippen molar-refractivity contribution in [3.8, 4) is 0 Å². The smallest absolute Gasteiger partial charge is 0.268 e. The van der Waals surface area contributed by atoms with E-state index in [0.717, 1.165) is 43.6 Å². The van der Waals surface area contributed by atoms with Gasteiger partial charge in [-0.3, -0.25) is 9.69 Å². The summed E-state index contributed by atoms with van der Waals surface area (Å²) in [7, 11) is 0. The van der Waals surface area contributed by atoms with Crippen LogP contribution in [0.2, 0.25) is 5.02 Å². The Morgan fingerprint density at radius 3 is 2.53 bits per heavy atom. The first-order chi connectivity index (χ1) is 15.7. The standard InChI is InChI=1S/C26H26ClN3O2/c27-22-9-5-4-8-20(22)18-30-23-12-15-32-25(23)16-24(30)26(31)28-21-10-13-29(14-11-21)17-19-6-2-1-3-7-19/h1-9,12,15-16,21H,10-11,13-14,17-18H2,(H,28,31). The highest BCUT2D eigenvalue weighted by Crippen LogP contribution is 2.25. The van der Waals surface area contributed by atoms with E-state index in [4.69, 9.17) is 16.0 Å². The number of carbonyl (C=O) groups is 1. The van der Waals surface area contributed by atoms with Gasteiger partial charge in [0, 0.05) is 49.4 Å². The SMILES string of the molecule is O=C(NC1CCN(Cc2ccccc2)CC1)c1cc2occc2n1Cc1ccccc1Cl. The number of nitrogens with zero attached hydrogens (tertiary/aromatic N) is 2. The van der Waals surface area contributed by atoms with Crippen LogP contribution in [-0.2, 0) is 13.1 Å². The molecule has 0 aliphatic carbocycles. The Hall–Kier alpha value is -3.02. The molecule has 2 aromatic carbocycles. The van der Waals surface area contributed by atoms with Crippen LogP contribution >= 0.6 is 11.6 Å². The van der Waals surface area contributed by atoms with Gasteiger partial charge in [-0.05, 0) is 30.0 Å². The van der Waals surface area contributed by atoms with E-state index >= 15 is 0 Å². The van der Waals surface area contributed by atoms with Crippen LogP contribution in [0.5, 0.6) is 0 Å². The molecule has 0 unspecified atom stereocenters. The van der Waals surface area contributed by atoms with E-state index in [0.29, 0.717) is 22.8 Å². The molecule has 0 radical (unpaired) electrons. The minimum atomic E-state index is -0.0648. The summed E-state index contributed by atoms with van der Waals surface area (Å²) in [5, 5.41) is 3.94. The highest BCUT2D eigenvalue weighted by atomic mass is 35.5. The molecular formula is C26H26ClN3O2. The zero-order valence-corrected chi connectivity index (χ0v) is 18.6. The molecule has 1 amide bonds. The molecular weight excluding hydrogens is 422 g/mol. The number of amides is 1. The normalized spacial score (nSPS) is 15.3. The number of aromatic nitrogens is 1. The van der Waals surface area contributed by atoms with Gasteiger partial charge < -0.3 is 14.3 Å². The lowest BCUT2D eigenvalue weighted by Gasteiger charge is -2.32. The van der Waals surface area contributed by atoms with Crippen molar-refractivity contribution in [2.75, 3.05) is 13.1 Å². The highest BCUT2D eigenvalue weighted by Gasteiger charge is 2.24. The van der Waals surface area contributed by atoms with Crippen molar-refractivity contribution in [2.45, 2.75) is 32.0 Å². The van der Waals surface area contributed by atoms with Crippen LogP contribution in [0.1, 0.15) is 34.5 Å². The van der Waals surface area contributed by atoms with E-state index in [1.54, 1.807) is 6.26 Å². The summed E-state index contributed by atoms with van der Waals surface area (Å²) in [5.74, 6) is -0.0648. The highest BCUT2D eigenvalue weighted by molar-refractivity contribution is 6.31.